The molecule has 3 nitrogen and oxygen atoms in total. The first-order chi connectivity index (χ1) is 8.08. The van der Waals surface area contributed by atoms with E-state index in [9.17, 15) is 10.2 Å². The Kier molecular flexibility index (Phi) is 3.50. The number of aromatic nitrogens is 1. The van der Waals surface area contributed by atoms with E-state index in [1.54, 1.807) is 13.8 Å². The zero-order valence-electron chi connectivity index (χ0n) is 10.2. The zero-order chi connectivity index (χ0) is 12.4. The summed E-state index contributed by atoms with van der Waals surface area (Å²) in [6.45, 7) is 3.54. The van der Waals surface area contributed by atoms with Crippen LogP contribution in [0.15, 0.2) is 18.2 Å². The standard InChI is InChI=1S/C14H18NO2/c1-9(16)7-12-11-5-3-4-6-13(11)15-14(12)8-10(2)17/h4-6,9-10,15-17H,7-8H2,1-2H3. The first-order valence-corrected chi connectivity index (χ1v) is 5.93. The van der Waals surface area contributed by atoms with Gasteiger partial charge in [-0.05, 0) is 37.6 Å². The highest BCUT2D eigenvalue weighted by atomic mass is 16.3. The van der Waals surface area contributed by atoms with Crippen molar-refractivity contribution in [1.82, 2.24) is 4.98 Å². The van der Waals surface area contributed by atoms with Gasteiger partial charge in [-0.25, -0.2) is 0 Å². The molecule has 0 amide bonds. The molecule has 0 fully saturated rings. The van der Waals surface area contributed by atoms with Gasteiger partial charge in [0, 0.05) is 29.4 Å². The van der Waals surface area contributed by atoms with E-state index in [4.69, 9.17) is 0 Å². The number of benzene rings is 1. The van der Waals surface area contributed by atoms with Crippen molar-refractivity contribution < 1.29 is 10.2 Å². The average molecular weight is 232 g/mol. The molecule has 1 heterocycles. The van der Waals surface area contributed by atoms with Gasteiger partial charge in [-0.3, -0.25) is 0 Å². The SMILES string of the molecule is CC(O)Cc1[nH]c2cc[c]cc2c1CC(C)O. The summed E-state index contributed by atoms with van der Waals surface area (Å²) in [5.74, 6) is 0. The number of rotatable bonds is 4. The number of aliphatic hydroxyl groups excluding tert-OH is 2. The molecule has 2 rings (SSSR count). The van der Waals surface area contributed by atoms with E-state index in [1.165, 1.54) is 0 Å². The van der Waals surface area contributed by atoms with Gasteiger partial charge >= 0.3 is 0 Å². The van der Waals surface area contributed by atoms with Gasteiger partial charge in [0.05, 0.1) is 12.2 Å². The van der Waals surface area contributed by atoms with E-state index in [0.29, 0.717) is 12.8 Å². The average Bonchev–Trinajstić information content (AvgIpc) is 2.55. The lowest BCUT2D eigenvalue weighted by Gasteiger charge is -2.08. The van der Waals surface area contributed by atoms with Crippen LogP contribution in [0.5, 0.6) is 0 Å². The minimum absolute atomic E-state index is 0.387. The van der Waals surface area contributed by atoms with Crippen LogP contribution in [-0.2, 0) is 12.8 Å². The highest BCUT2D eigenvalue weighted by Crippen LogP contribution is 2.24. The lowest BCUT2D eigenvalue weighted by molar-refractivity contribution is 0.188. The molecule has 2 unspecified atom stereocenters. The summed E-state index contributed by atoms with van der Waals surface area (Å²) in [5.41, 5.74) is 3.14. The van der Waals surface area contributed by atoms with Gasteiger partial charge in [-0.2, -0.15) is 0 Å². The van der Waals surface area contributed by atoms with Gasteiger partial charge in [-0.15, -0.1) is 0 Å². The molecule has 0 aliphatic carbocycles. The number of aliphatic hydroxyl groups is 2. The van der Waals surface area contributed by atoms with Crippen LogP contribution in [-0.4, -0.2) is 27.4 Å². The summed E-state index contributed by atoms with van der Waals surface area (Å²) in [5, 5.41) is 20.1. The Morgan fingerprint density at radius 1 is 1.24 bits per heavy atom. The van der Waals surface area contributed by atoms with E-state index in [-0.39, 0.29) is 12.2 Å². The van der Waals surface area contributed by atoms with Gasteiger partial charge < -0.3 is 15.2 Å². The minimum atomic E-state index is -0.389. The van der Waals surface area contributed by atoms with Crippen molar-refractivity contribution in [3.05, 3.63) is 35.5 Å². The molecule has 1 radical (unpaired) electrons. The van der Waals surface area contributed by atoms with Crippen molar-refractivity contribution in [3.8, 4) is 0 Å². The third-order valence-corrected chi connectivity index (χ3v) is 2.84. The van der Waals surface area contributed by atoms with E-state index < -0.39 is 0 Å². The molecule has 0 spiro atoms. The molecule has 3 heteroatoms. The first kappa shape index (κ1) is 12.1. The molecule has 2 atom stereocenters. The second kappa shape index (κ2) is 4.90. The van der Waals surface area contributed by atoms with Gasteiger partial charge in [0.15, 0.2) is 0 Å². The summed E-state index contributed by atoms with van der Waals surface area (Å²) in [6.07, 6.45) is 0.401. The Labute approximate surface area is 101 Å². The Morgan fingerprint density at radius 2 is 1.94 bits per heavy atom. The topological polar surface area (TPSA) is 56.2 Å². The van der Waals surface area contributed by atoms with E-state index in [0.717, 1.165) is 22.2 Å². The number of hydrogen-bond acceptors (Lipinski definition) is 2. The predicted molar refractivity (Wildman–Crippen MR) is 67.9 cm³/mol. The zero-order valence-corrected chi connectivity index (χ0v) is 10.2. The van der Waals surface area contributed by atoms with E-state index >= 15 is 0 Å². The third kappa shape index (κ3) is 2.68. The molecule has 0 saturated carbocycles. The number of hydrogen-bond donors (Lipinski definition) is 3. The molecule has 1 aromatic heterocycles. The molecule has 0 aliphatic rings. The molecule has 91 valence electrons. The van der Waals surface area contributed by atoms with Gasteiger partial charge in [0.1, 0.15) is 0 Å². The maximum Gasteiger partial charge on any atom is 0.0566 e. The molecule has 0 bridgehead atoms. The Hall–Kier alpha value is -1.32. The molecule has 2 aromatic rings. The Balaban J connectivity index is 2.48. The molecule has 0 aliphatic heterocycles. The van der Waals surface area contributed by atoms with Gasteiger partial charge in [0.25, 0.3) is 0 Å². The van der Waals surface area contributed by atoms with Crippen molar-refractivity contribution in [2.75, 3.05) is 0 Å². The van der Waals surface area contributed by atoms with Crippen molar-refractivity contribution in [1.29, 1.82) is 0 Å². The number of nitrogens with one attached hydrogen (secondary N) is 1. The van der Waals surface area contributed by atoms with Crippen LogP contribution < -0.4 is 0 Å². The molecular formula is C14H18NO2. The summed E-state index contributed by atoms with van der Waals surface area (Å²) in [4.78, 5) is 3.31. The van der Waals surface area contributed by atoms with Gasteiger partial charge in [0.2, 0.25) is 0 Å². The highest BCUT2D eigenvalue weighted by molar-refractivity contribution is 5.84. The fraction of sp³-hybridized carbons (Fsp3) is 0.429. The molecule has 1 aromatic carbocycles. The van der Waals surface area contributed by atoms with Crippen LogP contribution in [0.3, 0.4) is 0 Å². The first-order valence-electron chi connectivity index (χ1n) is 5.93. The second-order valence-corrected chi connectivity index (χ2v) is 4.66. The molecule has 17 heavy (non-hydrogen) atoms. The van der Waals surface area contributed by atoms with Crippen LogP contribution in [0.4, 0.5) is 0 Å². The van der Waals surface area contributed by atoms with Crippen molar-refractivity contribution in [2.45, 2.75) is 38.9 Å². The van der Waals surface area contributed by atoms with Crippen molar-refractivity contribution in [2.24, 2.45) is 0 Å². The minimum Gasteiger partial charge on any atom is -0.393 e. The number of H-pyrrole nitrogens is 1. The number of aromatic amines is 1. The lowest BCUT2D eigenvalue weighted by atomic mass is 10.0. The Bertz CT molecular complexity index is 500. The Morgan fingerprint density at radius 3 is 2.59 bits per heavy atom. The quantitative estimate of drug-likeness (QED) is 0.753. The highest BCUT2D eigenvalue weighted by Gasteiger charge is 2.14. The smallest absolute Gasteiger partial charge is 0.0566 e. The molecular weight excluding hydrogens is 214 g/mol. The monoisotopic (exact) mass is 232 g/mol. The van der Waals surface area contributed by atoms with E-state index in [1.807, 2.05) is 18.2 Å². The van der Waals surface area contributed by atoms with Crippen LogP contribution in [0.25, 0.3) is 10.9 Å². The summed E-state index contributed by atoms with van der Waals surface area (Å²) in [6, 6.07) is 8.80. The maximum absolute atomic E-state index is 9.56. The molecule has 3 N–H and O–H groups in total. The van der Waals surface area contributed by atoms with Crippen molar-refractivity contribution in [3.63, 3.8) is 0 Å². The van der Waals surface area contributed by atoms with Crippen LogP contribution in [0, 0.1) is 6.07 Å². The maximum atomic E-state index is 9.56. The summed E-state index contributed by atoms with van der Waals surface area (Å²) >= 11 is 0. The van der Waals surface area contributed by atoms with Gasteiger partial charge in [-0.1, -0.05) is 6.07 Å². The second-order valence-electron chi connectivity index (χ2n) is 4.66. The van der Waals surface area contributed by atoms with Crippen LogP contribution in [0.1, 0.15) is 25.1 Å². The van der Waals surface area contributed by atoms with E-state index in [2.05, 4.69) is 11.1 Å². The normalized spacial score (nSPS) is 15.1. The predicted octanol–water partition coefficient (Wildman–Crippen LogP) is 1.81. The lowest BCUT2D eigenvalue weighted by Crippen LogP contribution is -2.10. The third-order valence-electron chi connectivity index (χ3n) is 2.84. The fourth-order valence-corrected chi connectivity index (χ4v) is 2.19. The van der Waals surface area contributed by atoms with Crippen molar-refractivity contribution >= 4 is 10.9 Å². The largest absolute Gasteiger partial charge is 0.393 e. The summed E-state index contributed by atoms with van der Waals surface area (Å²) in [7, 11) is 0. The molecule has 0 saturated heterocycles. The number of fused-ring (bicyclic) bond motifs is 1. The van der Waals surface area contributed by atoms with Crippen LogP contribution in [0.2, 0.25) is 0 Å². The fourth-order valence-electron chi connectivity index (χ4n) is 2.19. The van der Waals surface area contributed by atoms with Crippen LogP contribution >= 0.6 is 0 Å². The summed E-state index contributed by atoms with van der Waals surface area (Å²) < 4.78 is 0.